The molecule has 0 unspecified atom stereocenters. The number of aromatic nitrogens is 5. The standard InChI is InChI=1S/C17H19F3N6OS/c1-9-13(4-5-14(27)21-7-6-12-8-28-11(3)23-12)10(2)26-16(22-9)24-15(25-26)17(18,19)20/h8H,4-7H2,1-3H3,(H,21,27). The number of halogens is 3. The van der Waals surface area contributed by atoms with Gasteiger partial charge in [-0.25, -0.2) is 14.5 Å². The van der Waals surface area contributed by atoms with Gasteiger partial charge in [0.1, 0.15) is 0 Å². The van der Waals surface area contributed by atoms with Gasteiger partial charge in [0.2, 0.25) is 5.91 Å². The molecule has 0 radical (unpaired) electrons. The maximum atomic E-state index is 12.8. The van der Waals surface area contributed by atoms with Gasteiger partial charge in [0.25, 0.3) is 11.6 Å². The lowest BCUT2D eigenvalue weighted by molar-refractivity contribution is -0.144. The Kier molecular flexibility index (Phi) is 5.64. The molecule has 1 N–H and O–H groups in total. The highest BCUT2D eigenvalue weighted by Crippen LogP contribution is 2.27. The number of hydrogen-bond acceptors (Lipinski definition) is 6. The van der Waals surface area contributed by atoms with Crippen LogP contribution in [-0.4, -0.2) is 37.0 Å². The highest BCUT2D eigenvalue weighted by molar-refractivity contribution is 7.09. The molecule has 0 aliphatic carbocycles. The summed E-state index contributed by atoms with van der Waals surface area (Å²) in [6, 6.07) is 0. The van der Waals surface area contributed by atoms with Gasteiger partial charge in [0.05, 0.1) is 10.7 Å². The Balaban J connectivity index is 1.64. The molecule has 7 nitrogen and oxygen atoms in total. The van der Waals surface area contributed by atoms with Crippen molar-refractivity contribution in [2.75, 3.05) is 6.54 Å². The van der Waals surface area contributed by atoms with Crippen molar-refractivity contribution in [1.82, 2.24) is 29.9 Å². The summed E-state index contributed by atoms with van der Waals surface area (Å²) in [5, 5.41) is 9.29. The molecular weight excluding hydrogens is 393 g/mol. The van der Waals surface area contributed by atoms with E-state index in [9.17, 15) is 18.0 Å². The molecule has 3 aromatic rings. The van der Waals surface area contributed by atoms with Gasteiger partial charge in [-0.15, -0.1) is 16.4 Å². The predicted octanol–water partition coefficient (Wildman–Crippen LogP) is 2.82. The third-order valence-electron chi connectivity index (χ3n) is 4.27. The van der Waals surface area contributed by atoms with Crippen LogP contribution in [0.3, 0.4) is 0 Å². The van der Waals surface area contributed by atoms with Crippen LogP contribution in [0.2, 0.25) is 0 Å². The number of aryl methyl sites for hydroxylation is 3. The number of rotatable bonds is 6. The van der Waals surface area contributed by atoms with E-state index in [1.54, 1.807) is 25.2 Å². The number of carbonyl (C=O) groups is 1. The smallest absolute Gasteiger partial charge is 0.356 e. The Hall–Kier alpha value is -2.56. The second kappa shape index (κ2) is 7.82. The van der Waals surface area contributed by atoms with E-state index in [2.05, 4.69) is 25.4 Å². The van der Waals surface area contributed by atoms with E-state index in [4.69, 9.17) is 0 Å². The van der Waals surface area contributed by atoms with Gasteiger partial charge < -0.3 is 5.32 Å². The minimum Gasteiger partial charge on any atom is -0.356 e. The third-order valence-corrected chi connectivity index (χ3v) is 5.10. The average Bonchev–Trinajstić information content (AvgIpc) is 3.20. The van der Waals surface area contributed by atoms with Crippen LogP contribution < -0.4 is 5.32 Å². The molecule has 0 aromatic carbocycles. The zero-order valence-electron chi connectivity index (χ0n) is 15.6. The Morgan fingerprint density at radius 1 is 1.18 bits per heavy atom. The van der Waals surface area contributed by atoms with Crippen molar-refractivity contribution in [2.24, 2.45) is 0 Å². The average molecular weight is 412 g/mol. The van der Waals surface area contributed by atoms with Crippen LogP contribution in [0.1, 0.15) is 39.9 Å². The molecule has 0 aliphatic heterocycles. The fourth-order valence-corrected chi connectivity index (χ4v) is 3.52. The molecule has 0 atom stereocenters. The monoisotopic (exact) mass is 412 g/mol. The molecule has 150 valence electrons. The van der Waals surface area contributed by atoms with Gasteiger partial charge in [-0.3, -0.25) is 4.79 Å². The minimum absolute atomic E-state index is 0.103. The topological polar surface area (TPSA) is 85.1 Å². The molecule has 0 fully saturated rings. The Bertz CT molecular complexity index is 1010. The number of amides is 1. The number of fused-ring (bicyclic) bond motifs is 1. The van der Waals surface area contributed by atoms with Crippen molar-refractivity contribution >= 4 is 23.0 Å². The first kappa shape index (κ1) is 20.2. The van der Waals surface area contributed by atoms with Gasteiger partial charge in [-0.2, -0.15) is 18.2 Å². The normalized spacial score (nSPS) is 11.9. The van der Waals surface area contributed by atoms with Crippen LogP contribution in [-0.2, 0) is 23.8 Å². The minimum atomic E-state index is -4.63. The molecule has 3 rings (SSSR count). The first-order valence-corrected chi connectivity index (χ1v) is 9.51. The first-order chi connectivity index (χ1) is 13.1. The number of hydrogen-bond donors (Lipinski definition) is 1. The van der Waals surface area contributed by atoms with E-state index in [1.165, 1.54) is 0 Å². The maximum Gasteiger partial charge on any atom is 0.453 e. The summed E-state index contributed by atoms with van der Waals surface area (Å²) in [6.07, 6.45) is -3.43. The van der Waals surface area contributed by atoms with Gasteiger partial charge in [-0.1, -0.05) is 0 Å². The summed E-state index contributed by atoms with van der Waals surface area (Å²) in [5.74, 6) is -1.47. The van der Waals surface area contributed by atoms with Crippen LogP contribution in [0.25, 0.3) is 5.78 Å². The molecule has 0 spiro atoms. The fraction of sp³-hybridized carbons (Fsp3) is 0.471. The molecule has 1 amide bonds. The third kappa shape index (κ3) is 4.46. The molecule has 0 saturated carbocycles. The number of nitrogens with zero attached hydrogens (tertiary/aromatic N) is 5. The number of carbonyl (C=O) groups excluding carboxylic acids is 1. The molecule has 28 heavy (non-hydrogen) atoms. The summed E-state index contributed by atoms with van der Waals surface area (Å²) in [4.78, 5) is 24.0. The second-order valence-electron chi connectivity index (χ2n) is 6.36. The Labute approximate surface area is 163 Å². The first-order valence-electron chi connectivity index (χ1n) is 8.63. The maximum absolute atomic E-state index is 12.8. The second-order valence-corrected chi connectivity index (χ2v) is 7.43. The lowest BCUT2D eigenvalue weighted by Gasteiger charge is -2.10. The summed E-state index contributed by atoms with van der Waals surface area (Å²) in [6.45, 7) is 5.74. The van der Waals surface area contributed by atoms with Crippen LogP contribution in [0.4, 0.5) is 13.2 Å². The summed E-state index contributed by atoms with van der Waals surface area (Å²) in [7, 11) is 0. The van der Waals surface area contributed by atoms with Crippen LogP contribution in [0.15, 0.2) is 5.38 Å². The highest BCUT2D eigenvalue weighted by Gasteiger charge is 2.36. The van der Waals surface area contributed by atoms with E-state index < -0.39 is 12.0 Å². The van der Waals surface area contributed by atoms with Gasteiger partial charge in [-0.05, 0) is 32.8 Å². The zero-order valence-corrected chi connectivity index (χ0v) is 16.4. The van der Waals surface area contributed by atoms with Crippen molar-refractivity contribution in [3.05, 3.63) is 38.9 Å². The van der Waals surface area contributed by atoms with Gasteiger partial charge >= 0.3 is 6.18 Å². The number of thiazole rings is 1. The van der Waals surface area contributed by atoms with Crippen molar-refractivity contribution in [2.45, 2.75) is 46.2 Å². The molecular formula is C17H19F3N6OS. The predicted molar refractivity (Wildman–Crippen MR) is 97.1 cm³/mol. The lowest BCUT2D eigenvalue weighted by Crippen LogP contribution is -2.26. The van der Waals surface area contributed by atoms with E-state index in [1.807, 2.05) is 12.3 Å². The summed E-state index contributed by atoms with van der Waals surface area (Å²) in [5.41, 5.74) is 2.67. The van der Waals surface area contributed by atoms with E-state index in [0.29, 0.717) is 36.3 Å². The van der Waals surface area contributed by atoms with Crippen molar-refractivity contribution < 1.29 is 18.0 Å². The number of alkyl halides is 3. The van der Waals surface area contributed by atoms with Crippen molar-refractivity contribution in [3.8, 4) is 0 Å². The van der Waals surface area contributed by atoms with Crippen LogP contribution in [0.5, 0.6) is 0 Å². The largest absolute Gasteiger partial charge is 0.453 e. The van der Waals surface area contributed by atoms with E-state index >= 15 is 0 Å². The van der Waals surface area contributed by atoms with Crippen LogP contribution in [0, 0.1) is 20.8 Å². The molecule has 0 bridgehead atoms. The molecule has 0 aliphatic rings. The van der Waals surface area contributed by atoms with Gasteiger partial charge in [0.15, 0.2) is 0 Å². The molecule has 0 saturated heterocycles. The Morgan fingerprint density at radius 2 is 1.93 bits per heavy atom. The zero-order chi connectivity index (χ0) is 20.5. The molecule has 11 heteroatoms. The summed E-state index contributed by atoms with van der Waals surface area (Å²) < 4.78 is 39.6. The Morgan fingerprint density at radius 3 is 2.57 bits per heavy atom. The molecule has 3 heterocycles. The van der Waals surface area contributed by atoms with Crippen molar-refractivity contribution in [3.63, 3.8) is 0 Å². The van der Waals surface area contributed by atoms with E-state index in [0.717, 1.165) is 15.2 Å². The van der Waals surface area contributed by atoms with Crippen LogP contribution >= 0.6 is 11.3 Å². The highest BCUT2D eigenvalue weighted by atomic mass is 32.1. The fourth-order valence-electron chi connectivity index (χ4n) is 2.87. The van der Waals surface area contributed by atoms with Crippen molar-refractivity contribution in [1.29, 1.82) is 0 Å². The summed E-state index contributed by atoms with van der Waals surface area (Å²) >= 11 is 1.56. The van der Waals surface area contributed by atoms with Gasteiger partial charge in [0, 0.05) is 36.2 Å². The molecule has 3 aromatic heterocycles. The number of nitrogens with one attached hydrogen (secondary N) is 1. The SMILES string of the molecule is Cc1nc(CCNC(=O)CCc2c(C)nc3nc(C(F)(F)F)nn3c2C)cs1. The quantitative estimate of drug-likeness (QED) is 0.673. The van der Waals surface area contributed by atoms with E-state index in [-0.39, 0.29) is 18.1 Å². The lowest BCUT2D eigenvalue weighted by atomic mass is 10.1.